The zero-order valence-electron chi connectivity index (χ0n) is 7.72. The molecule has 0 radical (unpaired) electrons. The Labute approximate surface area is 77.8 Å². The molecule has 2 rings (SSSR count). The van der Waals surface area contributed by atoms with Crippen LogP contribution in [-0.2, 0) is 0 Å². The minimum Gasteiger partial charge on any atom is -0.353 e. The summed E-state index contributed by atoms with van der Waals surface area (Å²) in [5.41, 5.74) is 5.92. The predicted octanol–water partition coefficient (Wildman–Crippen LogP) is 0.260. The number of hydrogen-bond acceptors (Lipinski definition) is 4. The van der Waals surface area contributed by atoms with E-state index in [1.54, 1.807) is 6.20 Å². The summed E-state index contributed by atoms with van der Waals surface area (Å²) < 4.78 is 0. The Morgan fingerprint density at radius 3 is 2.92 bits per heavy atom. The molecule has 4 heteroatoms. The third kappa shape index (κ3) is 1.62. The fourth-order valence-electron chi connectivity index (χ4n) is 1.64. The third-order valence-electron chi connectivity index (χ3n) is 2.55. The average molecular weight is 178 g/mol. The second-order valence-electron chi connectivity index (χ2n) is 3.63. The quantitative estimate of drug-likeness (QED) is 0.670. The number of hydrogen-bond donors (Lipinski definition) is 1. The van der Waals surface area contributed by atoms with Gasteiger partial charge in [0.05, 0.1) is 0 Å². The smallest absolute Gasteiger partial charge is 0.151 e. The fraction of sp³-hybridized carbons (Fsp3) is 0.556. The van der Waals surface area contributed by atoms with E-state index in [0.29, 0.717) is 5.92 Å². The normalized spacial score (nSPS) is 28.0. The molecular weight excluding hydrogens is 164 g/mol. The van der Waals surface area contributed by atoms with E-state index >= 15 is 0 Å². The van der Waals surface area contributed by atoms with E-state index in [9.17, 15) is 0 Å². The largest absolute Gasteiger partial charge is 0.353 e. The first-order valence-corrected chi connectivity index (χ1v) is 4.55. The van der Waals surface area contributed by atoms with Gasteiger partial charge in [-0.3, -0.25) is 0 Å². The summed E-state index contributed by atoms with van der Waals surface area (Å²) in [6.07, 6.45) is 1.68. The molecule has 1 aliphatic rings. The van der Waals surface area contributed by atoms with E-state index in [0.717, 1.165) is 18.9 Å². The van der Waals surface area contributed by atoms with Crippen LogP contribution in [0.3, 0.4) is 0 Å². The zero-order valence-corrected chi connectivity index (χ0v) is 7.72. The van der Waals surface area contributed by atoms with Gasteiger partial charge in [0.25, 0.3) is 0 Å². The van der Waals surface area contributed by atoms with Crippen molar-refractivity contribution in [1.82, 2.24) is 10.2 Å². The lowest BCUT2D eigenvalue weighted by Crippen LogP contribution is -2.28. The Morgan fingerprint density at radius 1 is 1.54 bits per heavy atom. The molecule has 2 unspecified atom stereocenters. The van der Waals surface area contributed by atoms with Gasteiger partial charge in [-0.15, -0.1) is 5.10 Å². The Kier molecular flexibility index (Phi) is 2.14. The molecule has 0 saturated carbocycles. The molecule has 2 heterocycles. The van der Waals surface area contributed by atoms with Gasteiger partial charge in [0.15, 0.2) is 5.82 Å². The van der Waals surface area contributed by atoms with Crippen molar-refractivity contribution >= 4 is 5.82 Å². The first-order valence-electron chi connectivity index (χ1n) is 4.55. The van der Waals surface area contributed by atoms with Crippen LogP contribution in [0, 0.1) is 5.92 Å². The van der Waals surface area contributed by atoms with E-state index in [2.05, 4.69) is 22.0 Å². The van der Waals surface area contributed by atoms with Crippen LogP contribution in [0.4, 0.5) is 5.82 Å². The second-order valence-corrected chi connectivity index (χ2v) is 3.63. The lowest BCUT2D eigenvalue weighted by molar-refractivity contribution is 0.566. The lowest BCUT2D eigenvalue weighted by Gasteiger charge is -2.15. The van der Waals surface area contributed by atoms with Crippen LogP contribution in [0.15, 0.2) is 18.3 Å². The van der Waals surface area contributed by atoms with Crippen LogP contribution in [0.25, 0.3) is 0 Å². The molecule has 2 N–H and O–H groups in total. The molecule has 1 fully saturated rings. The number of anilines is 1. The molecule has 0 aromatic carbocycles. The van der Waals surface area contributed by atoms with Crippen molar-refractivity contribution in [3.63, 3.8) is 0 Å². The van der Waals surface area contributed by atoms with Gasteiger partial charge >= 0.3 is 0 Å². The Bertz CT molecular complexity index is 264. The van der Waals surface area contributed by atoms with E-state index in [1.807, 2.05) is 12.1 Å². The third-order valence-corrected chi connectivity index (χ3v) is 2.55. The summed E-state index contributed by atoms with van der Waals surface area (Å²) >= 11 is 0. The van der Waals surface area contributed by atoms with Crippen molar-refractivity contribution in [2.75, 3.05) is 18.0 Å². The summed E-state index contributed by atoms with van der Waals surface area (Å²) in [6, 6.07) is 4.14. The SMILES string of the molecule is CC1CN(c2cccnn2)CC1N. The predicted molar refractivity (Wildman–Crippen MR) is 51.4 cm³/mol. The minimum atomic E-state index is 0.266. The summed E-state index contributed by atoms with van der Waals surface area (Å²) in [4.78, 5) is 2.18. The molecular formula is C9H14N4. The van der Waals surface area contributed by atoms with Crippen molar-refractivity contribution in [1.29, 1.82) is 0 Å². The van der Waals surface area contributed by atoms with Crippen molar-refractivity contribution in [3.05, 3.63) is 18.3 Å². The highest BCUT2D eigenvalue weighted by atomic mass is 15.3. The summed E-state index contributed by atoms with van der Waals surface area (Å²) in [6.45, 7) is 4.04. The minimum absolute atomic E-state index is 0.266. The van der Waals surface area contributed by atoms with Gasteiger partial charge in [0.1, 0.15) is 0 Å². The van der Waals surface area contributed by atoms with Crippen LogP contribution in [-0.4, -0.2) is 29.3 Å². The molecule has 0 spiro atoms. The van der Waals surface area contributed by atoms with Gasteiger partial charge in [-0.2, -0.15) is 5.10 Å². The summed E-state index contributed by atoms with van der Waals surface area (Å²) in [7, 11) is 0. The number of nitrogens with zero attached hydrogens (tertiary/aromatic N) is 3. The van der Waals surface area contributed by atoms with E-state index in [-0.39, 0.29) is 6.04 Å². The van der Waals surface area contributed by atoms with Gasteiger partial charge in [-0.05, 0) is 18.1 Å². The summed E-state index contributed by atoms with van der Waals surface area (Å²) in [5.74, 6) is 1.48. The zero-order chi connectivity index (χ0) is 9.26. The van der Waals surface area contributed by atoms with Crippen molar-refractivity contribution in [2.45, 2.75) is 13.0 Å². The molecule has 0 aliphatic carbocycles. The fourth-order valence-corrected chi connectivity index (χ4v) is 1.64. The van der Waals surface area contributed by atoms with E-state index < -0.39 is 0 Å². The van der Waals surface area contributed by atoms with Gasteiger partial charge in [-0.1, -0.05) is 6.92 Å². The van der Waals surface area contributed by atoms with Crippen LogP contribution in [0.1, 0.15) is 6.92 Å². The van der Waals surface area contributed by atoms with Gasteiger partial charge < -0.3 is 10.6 Å². The van der Waals surface area contributed by atoms with Crippen molar-refractivity contribution in [2.24, 2.45) is 11.7 Å². The highest BCUT2D eigenvalue weighted by molar-refractivity contribution is 5.38. The molecule has 4 nitrogen and oxygen atoms in total. The van der Waals surface area contributed by atoms with E-state index in [4.69, 9.17) is 5.73 Å². The maximum absolute atomic E-state index is 5.92. The molecule has 0 bridgehead atoms. The van der Waals surface area contributed by atoms with Gasteiger partial charge in [-0.25, -0.2) is 0 Å². The Hall–Kier alpha value is -1.16. The second kappa shape index (κ2) is 3.30. The topological polar surface area (TPSA) is 55.0 Å². The molecule has 13 heavy (non-hydrogen) atoms. The molecule has 1 aromatic heterocycles. The molecule has 1 aliphatic heterocycles. The van der Waals surface area contributed by atoms with Gasteiger partial charge in [0, 0.05) is 25.3 Å². The highest BCUT2D eigenvalue weighted by Crippen LogP contribution is 2.19. The first-order chi connectivity index (χ1) is 6.27. The standard InChI is InChI=1S/C9H14N4/c1-7-5-13(6-8(7)10)9-3-2-4-11-12-9/h2-4,7-8H,5-6,10H2,1H3. The average Bonchev–Trinajstić information content (AvgIpc) is 2.49. The maximum atomic E-state index is 5.92. The highest BCUT2D eigenvalue weighted by Gasteiger charge is 2.27. The Morgan fingerprint density at radius 2 is 2.38 bits per heavy atom. The maximum Gasteiger partial charge on any atom is 0.151 e. The van der Waals surface area contributed by atoms with Crippen LogP contribution in [0.5, 0.6) is 0 Å². The molecule has 2 atom stereocenters. The molecule has 1 saturated heterocycles. The monoisotopic (exact) mass is 178 g/mol. The Balaban J connectivity index is 2.12. The number of aromatic nitrogens is 2. The summed E-state index contributed by atoms with van der Waals surface area (Å²) in [5, 5.41) is 7.90. The van der Waals surface area contributed by atoms with Crippen LogP contribution in [0.2, 0.25) is 0 Å². The van der Waals surface area contributed by atoms with Crippen LogP contribution >= 0.6 is 0 Å². The molecule has 0 amide bonds. The number of rotatable bonds is 1. The van der Waals surface area contributed by atoms with Crippen LogP contribution < -0.4 is 10.6 Å². The van der Waals surface area contributed by atoms with E-state index in [1.165, 1.54) is 0 Å². The van der Waals surface area contributed by atoms with Gasteiger partial charge in [0.2, 0.25) is 0 Å². The first kappa shape index (κ1) is 8.44. The molecule has 1 aromatic rings. The molecule has 70 valence electrons. The lowest BCUT2D eigenvalue weighted by atomic mass is 10.1. The van der Waals surface area contributed by atoms with Crippen molar-refractivity contribution < 1.29 is 0 Å². The van der Waals surface area contributed by atoms with Crippen molar-refractivity contribution in [3.8, 4) is 0 Å². The number of nitrogens with two attached hydrogens (primary N) is 1.